The van der Waals surface area contributed by atoms with Crippen molar-refractivity contribution in [3.05, 3.63) is 65.2 Å². The highest BCUT2D eigenvalue weighted by Gasteiger charge is 2.30. The predicted molar refractivity (Wildman–Crippen MR) is 92.0 cm³/mol. The topological polar surface area (TPSA) is 50.6 Å². The first-order valence-corrected chi connectivity index (χ1v) is 8.04. The van der Waals surface area contributed by atoms with Gasteiger partial charge in [0.25, 0.3) is 5.91 Å². The van der Waals surface area contributed by atoms with E-state index in [1.165, 1.54) is 19.1 Å². The maximum atomic E-state index is 12.6. The van der Waals surface area contributed by atoms with E-state index in [1.807, 2.05) is 0 Å². The molecule has 0 saturated heterocycles. The third-order valence-electron chi connectivity index (χ3n) is 3.83. The number of alkyl halides is 3. The van der Waals surface area contributed by atoms with E-state index in [1.54, 1.807) is 31.3 Å². The van der Waals surface area contributed by atoms with Crippen molar-refractivity contribution in [2.45, 2.75) is 19.6 Å². The largest absolute Gasteiger partial charge is 0.416 e. The first kappa shape index (κ1) is 19.7. The van der Waals surface area contributed by atoms with Gasteiger partial charge in [0.15, 0.2) is 12.3 Å². The molecule has 0 aliphatic rings. The zero-order chi connectivity index (χ0) is 19.3. The minimum absolute atomic E-state index is 0.118. The molecule has 2 rings (SSSR count). The molecule has 1 atom stereocenters. The normalized spacial score (nSPS) is 12.5. The third-order valence-corrected chi connectivity index (χ3v) is 3.83. The predicted octanol–water partition coefficient (Wildman–Crippen LogP) is 2.56. The van der Waals surface area contributed by atoms with Crippen molar-refractivity contribution >= 4 is 17.4 Å². The second kappa shape index (κ2) is 8.14. The van der Waals surface area contributed by atoms with Gasteiger partial charge < -0.3 is 10.2 Å². The Bertz CT molecular complexity index is 786. The average Bonchev–Trinajstić information content (AvgIpc) is 2.54. The number of hydrogen-bond donors (Lipinski definition) is 2. The van der Waals surface area contributed by atoms with Crippen LogP contribution in [0.5, 0.6) is 0 Å². The van der Waals surface area contributed by atoms with Gasteiger partial charge in [-0.1, -0.05) is 24.3 Å². The number of carbonyl (C=O) groups excluding carboxylic acids is 2. The van der Waals surface area contributed by atoms with Crippen molar-refractivity contribution in [1.82, 2.24) is 0 Å². The van der Waals surface area contributed by atoms with E-state index >= 15 is 0 Å². The highest BCUT2D eigenvalue weighted by Crippen LogP contribution is 2.28. The summed E-state index contributed by atoms with van der Waals surface area (Å²) in [6.45, 7) is 1.94. The summed E-state index contributed by atoms with van der Waals surface area (Å²) in [5, 5.41) is 2.71. The maximum Gasteiger partial charge on any atom is 0.416 e. The van der Waals surface area contributed by atoms with Crippen molar-refractivity contribution in [1.29, 1.82) is 0 Å². The zero-order valence-electron chi connectivity index (χ0n) is 14.5. The van der Waals surface area contributed by atoms with E-state index in [-0.39, 0.29) is 18.2 Å². The monoisotopic (exact) mass is 365 g/mol. The van der Waals surface area contributed by atoms with Crippen LogP contribution >= 0.6 is 0 Å². The van der Waals surface area contributed by atoms with E-state index in [2.05, 4.69) is 5.32 Å². The molecular weight excluding hydrogens is 345 g/mol. The van der Waals surface area contributed by atoms with Gasteiger partial charge in [0, 0.05) is 11.1 Å². The van der Waals surface area contributed by atoms with Crippen LogP contribution in [0.1, 0.15) is 28.4 Å². The molecule has 0 fully saturated rings. The molecule has 0 saturated carbocycles. The van der Waals surface area contributed by atoms with E-state index < -0.39 is 11.7 Å². The molecule has 0 aliphatic carbocycles. The summed E-state index contributed by atoms with van der Waals surface area (Å²) in [6.07, 6.45) is -4.36. The number of likely N-dealkylation sites (N-methyl/N-ethyl adjacent to an activating group) is 1. The van der Waals surface area contributed by atoms with Crippen LogP contribution in [-0.4, -0.2) is 25.3 Å². The molecule has 0 heterocycles. The van der Waals surface area contributed by atoms with Gasteiger partial charge in [-0.3, -0.25) is 9.59 Å². The second-order valence-electron chi connectivity index (χ2n) is 6.16. The molecule has 0 spiro atoms. The number of nitrogens with one attached hydrogen (secondary N) is 2. The van der Waals surface area contributed by atoms with Crippen LogP contribution in [0.4, 0.5) is 18.9 Å². The number of hydrogen-bond acceptors (Lipinski definition) is 2. The highest BCUT2D eigenvalue weighted by atomic mass is 19.4. The Hall–Kier alpha value is -2.67. The number of ketones is 1. The van der Waals surface area contributed by atoms with Crippen LogP contribution in [0, 0.1) is 0 Å². The van der Waals surface area contributed by atoms with Crippen molar-refractivity contribution < 1.29 is 27.7 Å². The molecule has 0 bridgehead atoms. The molecule has 2 aromatic rings. The van der Waals surface area contributed by atoms with Crippen molar-refractivity contribution in [3.8, 4) is 0 Å². The minimum atomic E-state index is -4.36. The molecule has 2 N–H and O–H groups in total. The summed E-state index contributed by atoms with van der Waals surface area (Å²) in [5.74, 6) is -0.422. The van der Waals surface area contributed by atoms with E-state index in [0.717, 1.165) is 17.0 Å². The summed E-state index contributed by atoms with van der Waals surface area (Å²) in [6, 6.07) is 11.6. The smallest absolute Gasteiger partial charge is 0.326 e. The molecule has 1 amide bonds. The van der Waals surface area contributed by atoms with Gasteiger partial charge in [0.2, 0.25) is 0 Å². The summed E-state index contributed by atoms with van der Waals surface area (Å²) in [7, 11) is 1.77. The van der Waals surface area contributed by atoms with Crippen LogP contribution in [-0.2, 0) is 17.5 Å². The molecule has 2 aromatic carbocycles. The maximum absolute atomic E-state index is 12.6. The lowest BCUT2D eigenvalue weighted by atomic mass is 10.1. The Balaban J connectivity index is 1.94. The van der Waals surface area contributed by atoms with Gasteiger partial charge in [-0.2, -0.15) is 13.2 Å². The fourth-order valence-electron chi connectivity index (χ4n) is 2.59. The number of rotatable bonds is 6. The van der Waals surface area contributed by atoms with Crippen molar-refractivity contribution in [2.24, 2.45) is 0 Å². The number of amides is 1. The highest BCUT2D eigenvalue weighted by molar-refractivity contribution is 6.03. The lowest BCUT2D eigenvalue weighted by Crippen LogP contribution is -3.08. The number of para-hydroxylation sites is 1. The Morgan fingerprint density at radius 3 is 2.23 bits per heavy atom. The van der Waals surface area contributed by atoms with Gasteiger partial charge in [-0.15, -0.1) is 0 Å². The first-order chi connectivity index (χ1) is 12.2. The Morgan fingerprint density at radius 2 is 1.65 bits per heavy atom. The lowest BCUT2D eigenvalue weighted by Gasteiger charge is -2.15. The van der Waals surface area contributed by atoms with Crippen LogP contribution in [0.25, 0.3) is 0 Å². The van der Waals surface area contributed by atoms with Crippen LogP contribution < -0.4 is 10.2 Å². The fraction of sp³-hybridized carbons (Fsp3) is 0.263. The number of carbonyl (C=O) groups is 2. The van der Waals surface area contributed by atoms with Crippen LogP contribution in [0.15, 0.2) is 48.5 Å². The standard InChI is InChI=1S/C19H19F3N2O2/c1-13(25)16-5-3-4-6-17(16)23-18(26)12-24(2)11-14-7-9-15(10-8-14)19(20,21)22/h3-10H,11-12H2,1-2H3,(H,23,26)/p+1. The van der Waals surface area contributed by atoms with Gasteiger partial charge >= 0.3 is 6.18 Å². The summed E-state index contributed by atoms with van der Waals surface area (Å²) >= 11 is 0. The average molecular weight is 365 g/mol. The Kier molecular flexibility index (Phi) is 6.15. The summed E-state index contributed by atoms with van der Waals surface area (Å²) < 4.78 is 37.7. The van der Waals surface area contributed by atoms with Gasteiger partial charge in [-0.05, 0) is 31.2 Å². The molecule has 26 heavy (non-hydrogen) atoms. The fourth-order valence-corrected chi connectivity index (χ4v) is 2.59. The van der Waals surface area contributed by atoms with Crippen LogP contribution in [0.2, 0.25) is 0 Å². The molecular formula is C19H20F3N2O2+. The lowest BCUT2D eigenvalue weighted by molar-refractivity contribution is -0.885. The van der Waals surface area contributed by atoms with E-state index in [0.29, 0.717) is 23.4 Å². The van der Waals surface area contributed by atoms with Crippen molar-refractivity contribution in [2.75, 3.05) is 18.9 Å². The van der Waals surface area contributed by atoms with E-state index in [4.69, 9.17) is 0 Å². The summed E-state index contributed by atoms with van der Waals surface area (Å²) in [5.41, 5.74) is 0.887. The SMILES string of the molecule is CC(=O)c1ccccc1NC(=O)C[NH+](C)Cc1ccc(C(F)(F)F)cc1. The second-order valence-corrected chi connectivity index (χ2v) is 6.16. The zero-order valence-corrected chi connectivity index (χ0v) is 14.5. The van der Waals surface area contributed by atoms with Gasteiger partial charge in [0.05, 0.1) is 18.3 Å². The molecule has 0 aromatic heterocycles. The molecule has 7 heteroatoms. The number of anilines is 1. The van der Waals surface area contributed by atoms with E-state index in [9.17, 15) is 22.8 Å². The van der Waals surface area contributed by atoms with Gasteiger partial charge in [0.1, 0.15) is 6.54 Å². The quantitative estimate of drug-likeness (QED) is 0.773. The molecule has 138 valence electrons. The molecule has 1 unspecified atom stereocenters. The molecule has 0 aliphatic heterocycles. The number of halogens is 3. The Labute approximate surface area is 149 Å². The first-order valence-electron chi connectivity index (χ1n) is 8.04. The minimum Gasteiger partial charge on any atom is -0.326 e. The Morgan fingerprint density at radius 1 is 1.04 bits per heavy atom. The molecule has 0 radical (unpaired) electrons. The third kappa shape index (κ3) is 5.42. The number of Topliss-reactive ketones (excluding diaryl/α,β-unsaturated/α-hetero) is 1. The number of quaternary nitrogens is 1. The molecule has 4 nitrogen and oxygen atoms in total. The van der Waals surface area contributed by atoms with Gasteiger partial charge in [-0.25, -0.2) is 0 Å². The van der Waals surface area contributed by atoms with Crippen molar-refractivity contribution in [3.63, 3.8) is 0 Å². The number of benzene rings is 2. The van der Waals surface area contributed by atoms with Crippen LogP contribution in [0.3, 0.4) is 0 Å². The summed E-state index contributed by atoms with van der Waals surface area (Å²) in [4.78, 5) is 24.6.